The molecular weight excluding hydrogens is 282 g/mol. The van der Waals surface area contributed by atoms with Crippen molar-refractivity contribution in [3.05, 3.63) is 35.6 Å². The van der Waals surface area contributed by atoms with E-state index in [0.29, 0.717) is 5.56 Å². The van der Waals surface area contributed by atoms with Gasteiger partial charge in [-0.25, -0.2) is 4.39 Å². The van der Waals surface area contributed by atoms with Gasteiger partial charge < -0.3 is 5.11 Å². The third-order valence-corrected chi connectivity index (χ3v) is 2.99. The van der Waals surface area contributed by atoms with Crippen LogP contribution in [0.1, 0.15) is 11.6 Å². The van der Waals surface area contributed by atoms with Crippen molar-refractivity contribution in [3.8, 4) is 0 Å². The van der Waals surface area contributed by atoms with Crippen molar-refractivity contribution < 1.29 is 32.2 Å². The summed E-state index contributed by atoms with van der Waals surface area (Å²) in [6, 6.07) is 4.00. The van der Waals surface area contributed by atoms with Crippen LogP contribution in [0.25, 0.3) is 0 Å². The second kappa shape index (κ2) is 5.37. The van der Waals surface area contributed by atoms with Gasteiger partial charge in [0.15, 0.2) is 0 Å². The van der Waals surface area contributed by atoms with Crippen LogP contribution in [0.3, 0.4) is 0 Å². The van der Waals surface area contributed by atoms with Gasteiger partial charge >= 0.3 is 12.3 Å². The van der Waals surface area contributed by atoms with Crippen LogP contribution in [-0.2, 0) is 9.53 Å². The van der Waals surface area contributed by atoms with Gasteiger partial charge in [-0.3, -0.25) is 14.4 Å². The summed E-state index contributed by atoms with van der Waals surface area (Å²) in [5, 5.41) is 8.71. The number of halogens is 4. The van der Waals surface area contributed by atoms with Crippen LogP contribution in [-0.4, -0.2) is 41.5 Å². The lowest BCUT2D eigenvalue weighted by molar-refractivity contribution is -0.363. The minimum absolute atomic E-state index is 0.145. The molecule has 0 spiro atoms. The molecule has 8 heteroatoms. The molecule has 1 heterocycles. The number of benzene rings is 1. The Kier molecular flexibility index (Phi) is 3.96. The Hall–Kier alpha value is -1.67. The van der Waals surface area contributed by atoms with Gasteiger partial charge in [0.05, 0.1) is 18.7 Å². The zero-order chi connectivity index (χ0) is 14.9. The highest BCUT2D eigenvalue weighted by Crippen LogP contribution is 2.38. The summed E-state index contributed by atoms with van der Waals surface area (Å²) in [6.45, 7) is -0.548. The van der Waals surface area contributed by atoms with Gasteiger partial charge in [-0.1, -0.05) is 12.1 Å². The molecule has 1 fully saturated rings. The maximum absolute atomic E-state index is 12.8. The Morgan fingerprint density at radius 1 is 1.35 bits per heavy atom. The molecule has 1 saturated heterocycles. The Bertz CT molecular complexity index is 488. The maximum Gasteiger partial charge on any atom is 0.522 e. The number of hydrogen-bond donors (Lipinski definition) is 1. The van der Waals surface area contributed by atoms with E-state index in [1.54, 1.807) is 0 Å². The van der Waals surface area contributed by atoms with Crippen LogP contribution >= 0.6 is 0 Å². The maximum atomic E-state index is 12.8. The molecule has 1 aliphatic rings. The Balaban J connectivity index is 2.16. The third-order valence-electron chi connectivity index (χ3n) is 2.99. The molecule has 1 N–H and O–H groups in total. The minimum Gasteiger partial charge on any atom is -0.480 e. The number of nitrogens with zero attached hydrogens (tertiary/aromatic N) is 1. The van der Waals surface area contributed by atoms with E-state index in [0.717, 1.165) is 12.1 Å². The van der Waals surface area contributed by atoms with Gasteiger partial charge in [0.2, 0.25) is 0 Å². The van der Waals surface area contributed by atoms with Crippen molar-refractivity contribution in [1.29, 1.82) is 0 Å². The largest absolute Gasteiger partial charge is 0.522 e. The van der Waals surface area contributed by atoms with Gasteiger partial charge in [-0.15, -0.1) is 13.2 Å². The average molecular weight is 293 g/mol. The fourth-order valence-electron chi connectivity index (χ4n) is 2.24. The second-order valence-corrected chi connectivity index (χ2v) is 4.42. The number of carbonyl (C=O) groups is 1. The van der Waals surface area contributed by atoms with Crippen molar-refractivity contribution in [2.24, 2.45) is 0 Å². The van der Waals surface area contributed by atoms with Crippen LogP contribution < -0.4 is 0 Å². The van der Waals surface area contributed by atoms with E-state index >= 15 is 0 Å². The molecule has 1 aliphatic heterocycles. The van der Waals surface area contributed by atoms with Crippen LogP contribution in [0.5, 0.6) is 0 Å². The lowest BCUT2D eigenvalue weighted by atomic mass is 9.91. The summed E-state index contributed by atoms with van der Waals surface area (Å²) in [7, 11) is 0. The van der Waals surface area contributed by atoms with Crippen molar-refractivity contribution in [3.63, 3.8) is 0 Å². The first-order chi connectivity index (χ1) is 9.26. The summed E-state index contributed by atoms with van der Waals surface area (Å²) in [4.78, 5) is 12.0. The Labute approximate surface area is 111 Å². The van der Waals surface area contributed by atoms with Gasteiger partial charge in [-0.2, -0.15) is 0 Å². The molecule has 1 aromatic rings. The zero-order valence-corrected chi connectivity index (χ0v) is 10.1. The summed E-state index contributed by atoms with van der Waals surface area (Å²) >= 11 is 0. The molecule has 0 saturated carbocycles. The molecule has 1 aromatic carbocycles. The normalized spacial score (nSPS) is 23.4. The molecule has 4 nitrogen and oxygen atoms in total. The van der Waals surface area contributed by atoms with Crippen LogP contribution in [0.15, 0.2) is 24.3 Å². The second-order valence-electron chi connectivity index (χ2n) is 4.42. The highest BCUT2D eigenvalue weighted by molar-refractivity contribution is 5.69. The molecule has 0 radical (unpaired) electrons. The minimum atomic E-state index is -4.79. The van der Waals surface area contributed by atoms with Crippen LogP contribution in [0.4, 0.5) is 17.6 Å². The fourth-order valence-corrected chi connectivity index (χ4v) is 2.24. The van der Waals surface area contributed by atoms with Crippen molar-refractivity contribution in [1.82, 2.24) is 4.90 Å². The molecular formula is C12H11F4NO3. The van der Waals surface area contributed by atoms with E-state index in [2.05, 4.69) is 4.74 Å². The summed E-state index contributed by atoms with van der Waals surface area (Å²) in [5.74, 6) is -1.67. The summed E-state index contributed by atoms with van der Waals surface area (Å²) < 4.78 is 53.5. The molecule has 2 unspecified atom stereocenters. The number of rotatable bonds is 4. The number of alkyl halides is 3. The topological polar surface area (TPSA) is 49.8 Å². The number of ether oxygens (including phenoxy) is 1. The zero-order valence-electron chi connectivity index (χ0n) is 10.1. The average Bonchev–Trinajstić information content (AvgIpc) is 2.28. The van der Waals surface area contributed by atoms with E-state index in [9.17, 15) is 22.4 Å². The van der Waals surface area contributed by atoms with Crippen molar-refractivity contribution in [2.45, 2.75) is 18.5 Å². The molecule has 2 atom stereocenters. The monoisotopic (exact) mass is 293 g/mol. The molecule has 0 aromatic heterocycles. The van der Waals surface area contributed by atoms with Gasteiger partial charge in [0, 0.05) is 6.54 Å². The van der Waals surface area contributed by atoms with Gasteiger partial charge in [-0.05, 0) is 17.7 Å². The quantitative estimate of drug-likeness (QED) is 0.864. The smallest absolute Gasteiger partial charge is 0.480 e. The number of likely N-dealkylation sites (tertiary alicyclic amines) is 1. The summed E-state index contributed by atoms with van der Waals surface area (Å²) in [6.07, 6.45) is -5.99. The highest BCUT2D eigenvalue weighted by atomic mass is 19.4. The first-order valence-electron chi connectivity index (χ1n) is 5.72. The predicted octanol–water partition coefficient (Wildman–Crippen LogP) is 2.17. The molecule has 2 rings (SSSR count). The van der Waals surface area contributed by atoms with E-state index < -0.39 is 36.8 Å². The molecule has 0 aliphatic carbocycles. The molecule has 110 valence electrons. The molecule has 0 amide bonds. The number of hydrogen-bond acceptors (Lipinski definition) is 3. The molecule has 0 bridgehead atoms. The third kappa shape index (κ3) is 3.45. The lowest BCUT2D eigenvalue weighted by Crippen LogP contribution is -2.57. The molecule has 20 heavy (non-hydrogen) atoms. The number of carboxylic acid groups (broad SMARTS) is 1. The predicted molar refractivity (Wildman–Crippen MR) is 59.3 cm³/mol. The van der Waals surface area contributed by atoms with E-state index in [1.165, 1.54) is 17.0 Å². The first-order valence-corrected chi connectivity index (χ1v) is 5.72. The first kappa shape index (κ1) is 14.7. The van der Waals surface area contributed by atoms with Crippen LogP contribution in [0, 0.1) is 5.82 Å². The van der Waals surface area contributed by atoms with Crippen LogP contribution in [0.2, 0.25) is 0 Å². The Morgan fingerprint density at radius 3 is 2.45 bits per heavy atom. The number of carboxylic acids is 1. The van der Waals surface area contributed by atoms with Crippen molar-refractivity contribution in [2.75, 3.05) is 13.1 Å². The number of aliphatic carboxylic acids is 1. The van der Waals surface area contributed by atoms with Gasteiger partial charge in [0.25, 0.3) is 0 Å². The summed E-state index contributed by atoms with van der Waals surface area (Å²) in [5.41, 5.74) is 0.383. The fraction of sp³-hybridized carbons (Fsp3) is 0.417. The Morgan fingerprint density at radius 2 is 1.95 bits per heavy atom. The van der Waals surface area contributed by atoms with E-state index in [1.807, 2.05) is 0 Å². The highest BCUT2D eigenvalue weighted by Gasteiger charge is 2.47. The van der Waals surface area contributed by atoms with Gasteiger partial charge in [0.1, 0.15) is 5.82 Å². The van der Waals surface area contributed by atoms with Crippen molar-refractivity contribution >= 4 is 5.97 Å². The van der Waals surface area contributed by atoms with E-state index in [-0.39, 0.29) is 6.54 Å². The lowest BCUT2D eigenvalue weighted by Gasteiger charge is -2.47. The standard InChI is InChI=1S/C12H11F4NO3/c13-8-3-1-7(2-4-8)11-9(20-12(14,15)16)5-17(11)6-10(18)19/h1-4,9,11H,5-6H2,(H,18,19). The SMILES string of the molecule is O=C(O)CN1CC(OC(F)(F)F)C1c1ccc(F)cc1. The van der Waals surface area contributed by atoms with E-state index in [4.69, 9.17) is 5.11 Å².